The van der Waals surface area contributed by atoms with Crippen molar-refractivity contribution in [2.24, 2.45) is 0 Å². The molecule has 0 aromatic carbocycles. The minimum absolute atomic E-state index is 0.110. The highest BCUT2D eigenvalue weighted by atomic mass is 32.2. The number of H-pyrrole nitrogens is 1. The number of rotatable bonds is 3. The molecule has 0 radical (unpaired) electrons. The van der Waals surface area contributed by atoms with Crippen molar-refractivity contribution in [1.82, 2.24) is 9.71 Å². The third kappa shape index (κ3) is 2.21. The average Bonchev–Trinajstić information content (AvgIpc) is 2.02. The second-order valence-corrected chi connectivity index (χ2v) is 4.55. The lowest BCUT2D eigenvalue weighted by Gasteiger charge is -2.06. The van der Waals surface area contributed by atoms with E-state index in [1.165, 1.54) is 12.1 Å². The summed E-state index contributed by atoms with van der Waals surface area (Å²) in [6, 6.07) is 2.49. The first-order valence-corrected chi connectivity index (χ1v) is 5.65. The zero-order valence-electron chi connectivity index (χ0n) is 7.99. The van der Waals surface area contributed by atoms with Crippen molar-refractivity contribution >= 4 is 10.0 Å². The molecule has 14 heavy (non-hydrogen) atoms. The molecule has 0 atom stereocenters. The fraction of sp³-hybridized carbons (Fsp3) is 0.375. The van der Waals surface area contributed by atoms with Crippen LogP contribution in [0.3, 0.4) is 0 Å². The Morgan fingerprint density at radius 1 is 1.43 bits per heavy atom. The van der Waals surface area contributed by atoms with Gasteiger partial charge in [-0.15, -0.1) is 0 Å². The lowest BCUT2D eigenvalue weighted by atomic mass is 10.4. The van der Waals surface area contributed by atoms with E-state index in [2.05, 4.69) is 9.71 Å². The van der Waals surface area contributed by atoms with E-state index >= 15 is 0 Å². The van der Waals surface area contributed by atoms with Gasteiger partial charge in [-0.1, -0.05) is 6.92 Å². The molecule has 0 unspecified atom stereocenters. The normalized spacial score (nSPS) is 11.6. The molecule has 1 aromatic rings. The summed E-state index contributed by atoms with van der Waals surface area (Å²) >= 11 is 0. The first kappa shape index (κ1) is 10.9. The molecular weight excluding hydrogens is 204 g/mol. The summed E-state index contributed by atoms with van der Waals surface area (Å²) in [5, 5.41) is 0. The van der Waals surface area contributed by atoms with Crippen molar-refractivity contribution in [1.29, 1.82) is 0 Å². The van der Waals surface area contributed by atoms with Gasteiger partial charge in [0.2, 0.25) is 15.6 Å². The summed E-state index contributed by atoms with van der Waals surface area (Å²) in [7, 11) is -3.48. The predicted octanol–water partition coefficient (Wildman–Crippen LogP) is -0.0185. The van der Waals surface area contributed by atoms with E-state index in [1.54, 1.807) is 13.8 Å². The zero-order valence-corrected chi connectivity index (χ0v) is 8.81. The monoisotopic (exact) mass is 216 g/mol. The summed E-state index contributed by atoms with van der Waals surface area (Å²) in [5.41, 5.74) is 0.0383. The van der Waals surface area contributed by atoms with Gasteiger partial charge in [0.15, 0.2) is 0 Å². The van der Waals surface area contributed by atoms with E-state index in [1.807, 2.05) is 0 Å². The van der Waals surface area contributed by atoms with Crippen LogP contribution >= 0.6 is 0 Å². The molecule has 0 aliphatic heterocycles. The van der Waals surface area contributed by atoms with Crippen LogP contribution in [0.4, 0.5) is 0 Å². The van der Waals surface area contributed by atoms with Gasteiger partial charge in [-0.05, 0) is 13.0 Å². The molecule has 0 aliphatic rings. The van der Waals surface area contributed by atoms with Gasteiger partial charge in [0.25, 0.3) is 0 Å². The van der Waals surface area contributed by atoms with Crippen molar-refractivity contribution in [3.8, 4) is 0 Å². The van der Waals surface area contributed by atoms with E-state index < -0.39 is 10.0 Å². The number of hydrogen-bond donors (Lipinski definition) is 2. The fourth-order valence-electron chi connectivity index (χ4n) is 1.12. The lowest BCUT2D eigenvalue weighted by molar-refractivity contribution is 0.582. The minimum Gasteiger partial charge on any atom is -0.325 e. The number of nitrogens with one attached hydrogen (secondary N) is 2. The zero-order chi connectivity index (χ0) is 10.8. The Morgan fingerprint density at radius 2 is 2.07 bits per heavy atom. The predicted molar refractivity (Wildman–Crippen MR) is 52.7 cm³/mol. The topological polar surface area (TPSA) is 79.0 Å². The van der Waals surface area contributed by atoms with Crippen LogP contribution < -0.4 is 10.3 Å². The maximum atomic E-state index is 11.5. The molecule has 0 bridgehead atoms. The van der Waals surface area contributed by atoms with Crippen LogP contribution in [0.2, 0.25) is 0 Å². The number of aromatic nitrogens is 1. The van der Waals surface area contributed by atoms with Crippen LogP contribution in [0.1, 0.15) is 12.6 Å². The summed E-state index contributed by atoms with van der Waals surface area (Å²) in [5.74, 6) is 0. The molecule has 1 aromatic heterocycles. The maximum absolute atomic E-state index is 11.5. The van der Waals surface area contributed by atoms with Gasteiger partial charge in [0, 0.05) is 18.3 Å². The third-order valence-electron chi connectivity index (χ3n) is 1.69. The Kier molecular flexibility index (Phi) is 3.07. The molecule has 0 amide bonds. The number of aromatic amines is 1. The maximum Gasteiger partial charge on any atom is 0.248 e. The van der Waals surface area contributed by atoms with E-state index in [9.17, 15) is 13.2 Å². The highest BCUT2D eigenvalue weighted by molar-refractivity contribution is 7.89. The molecule has 0 aliphatic carbocycles. The van der Waals surface area contributed by atoms with Gasteiger partial charge in [-0.25, -0.2) is 13.1 Å². The molecule has 0 saturated carbocycles. The molecular formula is C8H12N2O3S. The fourth-order valence-corrected chi connectivity index (χ4v) is 2.36. The Morgan fingerprint density at radius 3 is 2.57 bits per heavy atom. The van der Waals surface area contributed by atoms with Crippen molar-refractivity contribution < 1.29 is 8.42 Å². The molecule has 0 fully saturated rings. The van der Waals surface area contributed by atoms with E-state index in [4.69, 9.17) is 0 Å². The first-order chi connectivity index (χ1) is 6.47. The molecule has 0 spiro atoms. The van der Waals surface area contributed by atoms with E-state index in [0.29, 0.717) is 12.2 Å². The van der Waals surface area contributed by atoms with Gasteiger partial charge in [0.1, 0.15) is 4.90 Å². The van der Waals surface area contributed by atoms with Crippen LogP contribution in [-0.4, -0.2) is 19.9 Å². The van der Waals surface area contributed by atoms with Crippen LogP contribution in [0, 0.1) is 6.92 Å². The van der Waals surface area contributed by atoms with Crippen molar-refractivity contribution in [2.75, 3.05) is 6.54 Å². The summed E-state index contributed by atoms with van der Waals surface area (Å²) < 4.78 is 25.4. The number of pyridine rings is 1. The summed E-state index contributed by atoms with van der Waals surface area (Å²) in [4.78, 5) is 13.4. The molecule has 78 valence electrons. The summed E-state index contributed by atoms with van der Waals surface area (Å²) in [6.45, 7) is 3.56. The molecule has 5 nitrogen and oxygen atoms in total. The van der Waals surface area contributed by atoms with Gasteiger partial charge in [0.05, 0.1) is 0 Å². The summed E-state index contributed by atoms with van der Waals surface area (Å²) in [6.07, 6.45) is 0. The number of sulfonamides is 1. The second kappa shape index (κ2) is 3.93. The molecule has 1 rings (SSSR count). The SMILES string of the molecule is CCNS(=O)(=O)c1ccc(=O)[nH]c1C. The van der Waals surface area contributed by atoms with Crippen LogP contribution in [0.25, 0.3) is 0 Å². The Bertz CT molecular complexity index is 476. The van der Waals surface area contributed by atoms with E-state index in [-0.39, 0.29) is 10.5 Å². The van der Waals surface area contributed by atoms with Crippen LogP contribution in [0.15, 0.2) is 21.8 Å². The highest BCUT2D eigenvalue weighted by Crippen LogP contribution is 2.09. The Balaban J connectivity index is 3.27. The average molecular weight is 216 g/mol. The van der Waals surface area contributed by atoms with Gasteiger partial charge < -0.3 is 4.98 Å². The molecule has 1 heterocycles. The largest absolute Gasteiger partial charge is 0.325 e. The van der Waals surface area contributed by atoms with Gasteiger partial charge in [-0.2, -0.15) is 0 Å². The molecule has 0 saturated heterocycles. The Hall–Kier alpha value is -1.14. The number of aryl methyl sites for hydroxylation is 1. The Labute approximate surface area is 82.2 Å². The standard InChI is InChI=1S/C8H12N2O3S/c1-3-9-14(12,13)7-4-5-8(11)10-6(7)2/h4-5,9H,3H2,1-2H3,(H,10,11). The van der Waals surface area contributed by atoms with Crippen molar-refractivity contribution in [3.63, 3.8) is 0 Å². The van der Waals surface area contributed by atoms with Gasteiger partial charge >= 0.3 is 0 Å². The molecule has 2 N–H and O–H groups in total. The first-order valence-electron chi connectivity index (χ1n) is 4.17. The van der Waals surface area contributed by atoms with Gasteiger partial charge in [-0.3, -0.25) is 4.79 Å². The smallest absolute Gasteiger partial charge is 0.248 e. The quantitative estimate of drug-likeness (QED) is 0.745. The van der Waals surface area contributed by atoms with Crippen molar-refractivity contribution in [2.45, 2.75) is 18.7 Å². The third-order valence-corrected chi connectivity index (χ3v) is 3.38. The second-order valence-electron chi connectivity index (χ2n) is 2.81. The van der Waals surface area contributed by atoms with Crippen LogP contribution in [-0.2, 0) is 10.0 Å². The van der Waals surface area contributed by atoms with Crippen molar-refractivity contribution in [3.05, 3.63) is 28.2 Å². The lowest BCUT2D eigenvalue weighted by Crippen LogP contribution is -2.25. The number of hydrogen-bond acceptors (Lipinski definition) is 3. The molecule has 6 heteroatoms. The minimum atomic E-state index is -3.48. The van der Waals surface area contributed by atoms with Crippen LogP contribution in [0.5, 0.6) is 0 Å². The highest BCUT2D eigenvalue weighted by Gasteiger charge is 2.15. The van der Waals surface area contributed by atoms with E-state index in [0.717, 1.165) is 0 Å².